The molecule has 1 saturated carbocycles. The summed E-state index contributed by atoms with van der Waals surface area (Å²) < 4.78 is 0. The van der Waals surface area contributed by atoms with Gasteiger partial charge in [0.25, 0.3) is 5.91 Å². The maximum Gasteiger partial charge on any atom is 0.253 e. The van der Waals surface area contributed by atoms with Crippen molar-refractivity contribution in [2.24, 2.45) is 5.92 Å². The minimum Gasteiger partial charge on any atom is -0.339 e. The van der Waals surface area contributed by atoms with Crippen LogP contribution in [0.15, 0.2) is 24.3 Å². The number of hydrogen-bond acceptors (Lipinski definition) is 2. The molecule has 0 unspecified atom stereocenters. The first-order valence-electron chi connectivity index (χ1n) is 6.99. The van der Waals surface area contributed by atoms with E-state index in [-0.39, 0.29) is 17.7 Å². The molecule has 2 amide bonds. The number of piperazine rings is 1. The maximum atomic E-state index is 12.3. The molecule has 3 rings (SSSR count). The van der Waals surface area contributed by atoms with Crippen LogP contribution in [0.5, 0.6) is 0 Å². The Morgan fingerprint density at radius 3 is 2.05 bits per heavy atom. The third kappa shape index (κ3) is 2.80. The number of carbonyl (C=O) groups excluding carboxylic acids is 2. The van der Waals surface area contributed by atoms with Gasteiger partial charge in [-0.15, -0.1) is 0 Å². The lowest BCUT2D eigenvalue weighted by Gasteiger charge is -2.35. The molecule has 0 aromatic heterocycles. The molecule has 1 aromatic carbocycles. The molecule has 1 aliphatic carbocycles. The van der Waals surface area contributed by atoms with E-state index in [2.05, 4.69) is 0 Å². The Hall–Kier alpha value is -1.55. The van der Waals surface area contributed by atoms with Crippen LogP contribution in [0.25, 0.3) is 0 Å². The smallest absolute Gasteiger partial charge is 0.253 e. The molecule has 1 saturated heterocycles. The molecule has 1 aromatic rings. The van der Waals surface area contributed by atoms with E-state index in [4.69, 9.17) is 11.6 Å². The summed E-state index contributed by atoms with van der Waals surface area (Å²) in [4.78, 5) is 28.0. The third-order valence-electron chi connectivity index (χ3n) is 3.90. The minimum atomic E-state index is 0.0141. The predicted molar refractivity (Wildman–Crippen MR) is 76.7 cm³/mol. The fraction of sp³-hybridized carbons (Fsp3) is 0.467. The lowest BCUT2D eigenvalue weighted by atomic mass is 10.2. The summed E-state index contributed by atoms with van der Waals surface area (Å²) >= 11 is 5.82. The number of hydrogen-bond donors (Lipinski definition) is 0. The SMILES string of the molecule is O=C(c1ccc(Cl)cc1)N1CCN(C(=O)C2CC2)CC1. The summed E-state index contributed by atoms with van der Waals surface area (Å²) in [5.74, 6) is 0.539. The first-order valence-corrected chi connectivity index (χ1v) is 7.36. The molecule has 1 heterocycles. The fourth-order valence-corrected chi connectivity index (χ4v) is 2.62. The van der Waals surface area contributed by atoms with Gasteiger partial charge in [0.2, 0.25) is 5.91 Å². The third-order valence-corrected chi connectivity index (χ3v) is 4.15. The Morgan fingerprint density at radius 1 is 0.950 bits per heavy atom. The van der Waals surface area contributed by atoms with E-state index in [1.807, 2.05) is 4.90 Å². The lowest BCUT2D eigenvalue weighted by molar-refractivity contribution is -0.134. The molecule has 106 valence electrons. The largest absolute Gasteiger partial charge is 0.339 e. The molecule has 1 aliphatic heterocycles. The van der Waals surface area contributed by atoms with Crippen LogP contribution in [0.3, 0.4) is 0 Å². The van der Waals surface area contributed by atoms with Gasteiger partial charge in [0.05, 0.1) is 0 Å². The van der Waals surface area contributed by atoms with Crippen molar-refractivity contribution in [1.29, 1.82) is 0 Å². The summed E-state index contributed by atoms with van der Waals surface area (Å²) in [7, 11) is 0. The minimum absolute atomic E-state index is 0.0141. The van der Waals surface area contributed by atoms with Crippen LogP contribution >= 0.6 is 11.6 Å². The van der Waals surface area contributed by atoms with Crippen molar-refractivity contribution < 1.29 is 9.59 Å². The van der Waals surface area contributed by atoms with Crippen LogP contribution in [0, 0.1) is 5.92 Å². The van der Waals surface area contributed by atoms with Crippen molar-refractivity contribution in [1.82, 2.24) is 9.80 Å². The van der Waals surface area contributed by atoms with E-state index < -0.39 is 0 Å². The zero-order valence-corrected chi connectivity index (χ0v) is 12.0. The molecule has 2 aliphatic rings. The summed E-state index contributed by atoms with van der Waals surface area (Å²) in [6, 6.07) is 6.93. The Balaban J connectivity index is 1.58. The molecular weight excluding hydrogens is 276 g/mol. The molecular formula is C15H17ClN2O2. The highest BCUT2D eigenvalue weighted by Crippen LogP contribution is 2.31. The molecule has 4 nitrogen and oxygen atoms in total. The van der Waals surface area contributed by atoms with Crippen molar-refractivity contribution in [3.63, 3.8) is 0 Å². The van der Waals surface area contributed by atoms with Gasteiger partial charge in [0, 0.05) is 42.7 Å². The van der Waals surface area contributed by atoms with E-state index in [0.717, 1.165) is 12.8 Å². The lowest BCUT2D eigenvalue weighted by Crippen LogP contribution is -2.51. The second-order valence-corrected chi connectivity index (χ2v) is 5.84. The number of amides is 2. The molecule has 0 radical (unpaired) electrons. The van der Waals surface area contributed by atoms with Gasteiger partial charge in [-0.05, 0) is 37.1 Å². The number of carbonyl (C=O) groups is 2. The van der Waals surface area contributed by atoms with Gasteiger partial charge in [-0.25, -0.2) is 0 Å². The van der Waals surface area contributed by atoms with Gasteiger partial charge >= 0.3 is 0 Å². The Kier molecular flexibility index (Phi) is 3.66. The van der Waals surface area contributed by atoms with E-state index in [0.29, 0.717) is 36.8 Å². The average Bonchev–Trinajstić information content (AvgIpc) is 3.31. The molecule has 20 heavy (non-hydrogen) atoms. The van der Waals surface area contributed by atoms with Crippen LogP contribution < -0.4 is 0 Å². The van der Waals surface area contributed by atoms with E-state index in [9.17, 15) is 9.59 Å². The standard InChI is InChI=1S/C15H17ClN2O2/c16-13-5-3-12(4-6-13)15(20)18-9-7-17(8-10-18)14(19)11-1-2-11/h3-6,11H,1-2,7-10H2. The van der Waals surface area contributed by atoms with E-state index >= 15 is 0 Å². The molecule has 5 heteroatoms. The topological polar surface area (TPSA) is 40.6 Å². The van der Waals surface area contributed by atoms with Crippen LogP contribution in [0.2, 0.25) is 5.02 Å². The highest BCUT2D eigenvalue weighted by molar-refractivity contribution is 6.30. The predicted octanol–water partition coefficient (Wildman–Crippen LogP) is 2.03. The van der Waals surface area contributed by atoms with Crippen molar-refractivity contribution in [2.45, 2.75) is 12.8 Å². The normalized spacial score (nSPS) is 19.1. The first-order chi connectivity index (χ1) is 9.65. The summed E-state index contributed by atoms with van der Waals surface area (Å²) in [6.45, 7) is 2.52. The highest BCUT2D eigenvalue weighted by atomic mass is 35.5. The number of nitrogens with zero attached hydrogens (tertiary/aromatic N) is 2. The van der Waals surface area contributed by atoms with E-state index in [1.165, 1.54) is 0 Å². The number of benzene rings is 1. The Bertz CT molecular complexity index is 517. The highest BCUT2D eigenvalue weighted by Gasteiger charge is 2.35. The average molecular weight is 293 g/mol. The van der Waals surface area contributed by atoms with Crippen molar-refractivity contribution in [3.8, 4) is 0 Å². The van der Waals surface area contributed by atoms with Crippen LogP contribution in [-0.4, -0.2) is 47.8 Å². The van der Waals surface area contributed by atoms with Crippen molar-refractivity contribution >= 4 is 23.4 Å². The molecule has 0 spiro atoms. The molecule has 0 atom stereocenters. The van der Waals surface area contributed by atoms with Crippen molar-refractivity contribution in [3.05, 3.63) is 34.9 Å². The monoisotopic (exact) mass is 292 g/mol. The Morgan fingerprint density at radius 2 is 1.50 bits per heavy atom. The molecule has 2 fully saturated rings. The fourth-order valence-electron chi connectivity index (χ4n) is 2.49. The summed E-state index contributed by atoms with van der Waals surface area (Å²) in [6.07, 6.45) is 2.06. The molecule has 0 bridgehead atoms. The summed E-state index contributed by atoms with van der Waals surface area (Å²) in [5, 5.41) is 0.626. The zero-order valence-electron chi connectivity index (χ0n) is 11.2. The van der Waals surface area contributed by atoms with Crippen LogP contribution in [0.1, 0.15) is 23.2 Å². The van der Waals surface area contributed by atoms with Gasteiger partial charge in [0.15, 0.2) is 0 Å². The quantitative estimate of drug-likeness (QED) is 0.837. The van der Waals surface area contributed by atoms with Crippen LogP contribution in [0.4, 0.5) is 0 Å². The molecule has 0 N–H and O–H groups in total. The Labute approximate surface area is 123 Å². The van der Waals surface area contributed by atoms with Gasteiger partial charge in [-0.2, -0.15) is 0 Å². The van der Waals surface area contributed by atoms with Gasteiger partial charge in [0.1, 0.15) is 0 Å². The zero-order chi connectivity index (χ0) is 14.1. The van der Waals surface area contributed by atoms with Crippen molar-refractivity contribution in [2.75, 3.05) is 26.2 Å². The number of halogens is 1. The van der Waals surface area contributed by atoms with Gasteiger partial charge in [-0.1, -0.05) is 11.6 Å². The summed E-state index contributed by atoms with van der Waals surface area (Å²) in [5.41, 5.74) is 0.649. The van der Waals surface area contributed by atoms with Gasteiger partial charge < -0.3 is 9.80 Å². The van der Waals surface area contributed by atoms with E-state index in [1.54, 1.807) is 29.2 Å². The van der Waals surface area contributed by atoms with Crippen LogP contribution in [-0.2, 0) is 4.79 Å². The number of rotatable bonds is 2. The maximum absolute atomic E-state index is 12.3. The first kappa shape index (κ1) is 13.4. The van der Waals surface area contributed by atoms with Gasteiger partial charge in [-0.3, -0.25) is 9.59 Å². The second-order valence-electron chi connectivity index (χ2n) is 5.40. The second kappa shape index (κ2) is 5.44.